The number of nitrogens with one attached hydrogen (secondary N) is 1. The minimum Gasteiger partial charge on any atom is -0.495 e. The van der Waals surface area contributed by atoms with Gasteiger partial charge in [0.15, 0.2) is 0 Å². The summed E-state index contributed by atoms with van der Waals surface area (Å²) in [6, 6.07) is 11.8. The second-order valence-corrected chi connectivity index (χ2v) is 7.95. The largest absolute Gasteiger partial charge is 0.495 e. The lowest BCUT2D eigenvalue weighted by molar-refractivity contribution is 0.0472. The van der Waals surface area contributed by atoms with Crippen LogP contribution in [0.25, 0.3) is 0 Å². The average Bonchev–Trinajstić information content (AvgIpc) is 3.43. The third-order valence-corrected chi connectivity index (χ3v) is 5.75. The van der Waals surface area contributed by atoms with E-state index in [9.17, 15) is 13.2 Å². The molecule has 2 aromatic rings. The highest BCUT2D eigenvalue weighted by Gasteiger charge is 2.30. The van der Waals surface area contributed by atoms with Crippen molar-refractivity contribution in [3.8, 4) is 5.75 Å². The van der Waals surface area contributed by atoms with Gasteiger partial charge in [-0.3, -0.25) is 0 Å². The van der Waals surface area contributed by atoms with Crippen LogP contribution in [0.15, 0.2) is 47.4 Å². The van der Waals surface area contributed by atoms with Crippen molar-refractivity contribution in [3.63, 3.8) is 0 Å². The van der Waals surface area contributed by atoms with E-state index in [0.29, 0.717) is 0 Å². The molecule has 1 N–H and O–H groups in total. The van der Waals surface area contributed by atoms with E-state index >= 15 is 0 Å². The zero-order valence-electron chi connectivity index (χ0n) is 14.7. The normalized spacial score (nSPS) is 14.1. The molecule has 1 aliphatic rings. The van der Waals surface area contributed by atoms with E-state index in [1.54, 1.807) is 0 Å². The molecule has 0 saturated heterocycles. The van der Waals surface area contributed by atoms with Gasteiger partial charge in [-0.05, 0) is 49.1 Å². The van der Waals surface area contributed by atoms with Gasteiger partial charge in [-0.2, -0.15) is 0 Å². The highest BCUT2D eigenvalue weighted by Crippen LogP contribution is 2.28. The van der Waals surface area contributed by atoms with Crippen molar-refractivity contribution in [2.24, 2.45) is 0 Å². The summed E-state index contributed by atoms with van der Waals surface area (Å²) in [5.74, 6) is -0.396. The summed E-state index contributed by atoms with van der Waals surface area (Å²) in [4.78, 5) is 12.3. The number of sulfonamides is 1. The second kappa shape index (κ2) is 7.47. The topological polar surface area (TPSA) is 81.7 Å². The average molecular weight is 375 g/mol. The van der Waals surface area contributed by atoms with Crippen LogP contribution in [0.4, 0.5) is 0 Å². The SMILES string of the molecule is COc1ccc(C(=O)OCc2ccccc2C)cc1S(=O)(=O)NC1CC1. The Bertz CT molecular complexity index is 919. The minimum absolute atomic E-state index is 0.0404. The zero-order valence-corrected chi connectivity index (χ0v) is 15.5. The predicted molar refractivity (Wildman–Crippen MR) is 96.6 cm³/mol. The van der Waals surface area contributed by atoms with Crippen molar-refractivity contribution < 1.29 is 22.7 Å². The Kier molecular flexibility index (Phi) is 5.29. The van der Waals surface area contributed by atoms with Gasteiger partial charge in [0.2, 0.25) is 10.0 Å². The van der Waals surface area contributed by atoms with Crippen molar-refractivity contribution in [2.45, 2.75) is 37.3 Å². The van der Waals surface area contributed by atoms with Gasteiger partial charge in [-0.15, -0.1) is 0 Å². The number of methoxy groups -OCH3 is 1. The van der Waals surface area contributed by atoms with Gasteiger partial charge >= 0.3 is 5.97 Å². The van der Waals surface area contributed by atoms with Crippen LogP contribution in [0, 0.1) is 6.92 Å². The predicted octanol–water partition coefficient (Wildman–Crippen LogP) is 2.80. The maximum atomic E-state index is 12.5. The molecule has 0 unspecified atom stereocenters. The number of hydrogen-bond acceptors (Lipinski definition) is 5. The Morgan fingerprint density at radius 2 is 1.92 bits per heavy atom. The molecule has 1 saturated carbocycles. The van der Waals surface area contributed by atoms with Crippen molar-refractivity contribution in [1.82, 2.24) is 4.72 Å². The zero-order chi connectivity index (χ0) is 18.7. The van der Waals surface area contributed by atoms with E-state index < -0.39 is 16.0 Å². The highest BCUT2D eigenvalue weighted by atomic mass is 32.2. The number of benzene rings is 2. The van der Waals surface area contributed by atoms with E-state index in [2.05, 4.69) is 4.72 Å². The van der Waals surface area contributed by atoms with E-state index in [1.807, 2.05) is 31.2 Å². The number of ether oxygens (including phenoxy) is 2. The minimum atomic E-state index is -3.75. The smallest absolute Gasteiger partial charge is 0.338 e. The number of aryl methyl sites for hydroxylation is 1. The molecular formula is C19H21NO5S. The fourth-order valence-corrected chi connectivity index (χ4v) is 4.00. The number of carbonyl (C=O) groups is 1. The molecule has 0 heterocycles. The van der Waals surface area contributed by atoms with Crippen molar-refractivity contribution in [3.05, 3.63) is 59.2 Å². The monoisotopic (exact) mass is 375 g/mol. The molecule has 6 nitrogen and oxygen atoms in total. The van der Waals surface area contributed by atoms with Gasteiger partial charge in [0.1, 0.15) is 17.3 Å². The first kappa shape index (κ1) is 18.4. The summed E-state index contributed by atoms with van der Waals surface area (Å²) >= 11 is 0. The molecule has 0 bridgehead atoms. The fraction of sp³-hybridized carbons (Fsp3) is 0.316. The molecular weight excluding hydrogens is 354 g/mol. The Labute approximate surface area is 153 Å². The van der Waals surface area contributed by atoms with E-state index in [1.165, 1.54) is 25.3 Å². The summed E-state index contributed by atoms with van der Waals surface area (Å²) in [6.07, 6.45) is 1.64. The third kappa shape index (κ3) is 4.23. The lowest BCUT2D eigenvalue weighted by Crippen LogP contribution is -2.26. The molecule has 3 rings (SSSR count). The van der Waals surface area contributed by atoms with Crippen LogP contribution in [-0.2, 0) is 21.4 Å². The van der Waals surface area contributed by atoms with Gasteiger partial charge in [-0.25, -0.2) is 17.9 Å². The fourth-order valence-electron chi connectivity index (χ4n) is 2.50. The molecule has 7 heteroatoms. The maximum absolute atomic E-state index is 12.5. The lowest BCUT2D eigenvalue weighted by atomic mass is 10.1. The molecule has 138 valence electrons. The first-order valence-electron chi connectivity index (χ1n) is 8.32. The Hall–Kier alpha value is -2.38. The number of carbonyl (C=O) groups excluding carboxylic acids is 1. The van der Waals surface area contributed by atoms with Gasteiger partial charge in [0.25, 0.3) is 0 Å². The molecule has 1 fully saturated rings. The number of hydrogen-bond donors (Lipinski definition) is 1. The summed E-state index contributed by atoms with van der Waals surface area (Å²) in [5.41, 5.74) is 2.08. The molecule has 0 spiro atoms. The van der Waals surface area contributed by atoms with Crippen LogP contribution in [-0.4, -0.2) is 27.5 Å². The maximum Gasteiger partial charge on any atom is 0.338 e. The van der Waals surface area contributed by atoms with E-state index in [0.717, 1.165) is 24.0 Å². The van der Waals surface area contributed by atoms with Gasteiger partial charge in [0.05, 0.1) is 12.7 Å². The highest BCUT2D eigenvalue weighted by molar-refractivity contribution is 7.89. The van der Waals surface area contributed by atoms with Crippen LogP contribution in [0.2, 0.25) is 0 Å². The summed E-state index contributed by atoms with van der Waals surface area (Å²) in [6.45, 7) is 2.06. The molecule has 0 amide bonds. The lowest BCUT2D eigenvalue weighted by Gasteiger charge is -2.12. The third-order valence-electron chi connectivity index (χ3n) is 4.21. The van der Waals surface area contributed by atoms with Crippen molar-refractivity contribution in [2.75, 3.05) is 7.11 Å². The summed E-state index contributed by atoms with van der Waals surface area (Å²) in [5, 5.41) is 0. The van der Waals surface area contributed by atoms with Gasteiger partial charge in [0, 0.05) is 6.04 Å². The van der Waals surface area contributed by atoms with Crippen LogP contribution in [0.5, 0.6) is 5.75 Å². The Morgan fingerprint density at radius 3 is 2.58 bits per heavy atom. The molecule has 0 aromatic heterocycles. The van der Waals surface area contributed by atoms with Gasteiger partial charge < -0.3 is 9.47 Å². The number of esters is 1. The summed E-state index contributed by atoms with van der Waals surface area (Å²) in [7, 11) is -2.36. The van der Waals surface area contributed by atoms with Crippen LogP contribution < -0.4 is 9.46 Å². The van der Waals surface area contributed by atoms with E-state index in [4.69, 9.17) is 9.47 Å². The standard InChI is InChI=1S/C19H21NO5S/c1-13-5-3-4-6-15(13)12-25-19(21)14-7-10-17(24-2)18(11-14)26(22,23)20-16-8-9-16/h3-7,10-11,16,20H,8-9,12H2,1-2H3. The second-order valence-electron chi connectivity index (χ2n) is 6.26. The Balaban J connectivity index is 1.80. The first-order valence-corrected chi connectivity index (χ1v) is 9.81. The molecule has 1 aliphatic carbocycles. The number of rotatable bonds is 7. The van der Waals surface area contributed by atoms with Crippen LogP contribution in [0.3, 0.4) is 0 Å². The quantitative estimate of drug-likeness (QED) is 0.753. The molecule has 0 atom stereocenters. The van der Waals surface area contributed by atoms with Crippen molar-refractivity contribution in [1.29, 1.82) is 0 Å². The molecule has 26 heavy (non-hydrogen) atoms. The van der Waals surface area contributed by atoms with Crippen LogP contribution in [0.1, 0.15) is 34.3 Å². The van der Waals surface area contributed by atoms with Crippen LogP contribution >= 0.6 is 0 Å². The van der Waals surface area contributed by atoms with Crippen molar-refractivity contribution >= 4 is 16.0 Å². The molecule has 0 aliphatic heterocycles. The Morgan fingerprint density at radius 1 is 1.19 bits per heavy atom. The first-order chi connectivity index (χ1) is 12.4. The molecule has 2 aromatic carbocycles. The van der Waals surface area contributed by atoms with E-state index in [-0.39, 0.29) is 28.9 Å². The summed E-state index contributed by atoms with van der Waals surface area (Å²) < 4.78 is 38.1. The van der Waals surface area contributed by atoms with Gasteiger partial charge in [-0.1, -0.05) is 24.3 Å². The molecule has 0 radical (unpaired) electrons.